The smallest absolute Gasteiger partial charge is 0.407 e. The first-order valence-corrected chi connectivity index (χ1v) is 14.7. The van der Waals surface area contributed by atoms with E-state index >= 15 is 0 Å². The Kier molecular flexibility index (Phi) is 8.37. The first-order valence-electron chi connectivity index (χ1n) is 14.3. The molecule has 3 amide bonds. The maximum absolute atomic E-state index is 13.7. The summed E-state index contributed by atoms with van der Waals surface area (Å²) < 4.78 is 11.4. The fraction of sp³-hybridized carbons (Fsp3) is 0.533. The molecule has 11 nitrogen and oxygen atoms in total. The van der Waals surface area contributed by atoms with Crippen LogP contribution in [0, 0.1) is 0 Å². The zero-order valence-corrected chi connectivity index (χ0v) is 25.5. The number of amides is 3. The number of morpholine rings is 1. The molecule has 0 radical (unpaired) electrons. The number of benzene rings is 1. The van der Waals surface area contributed by atoms with Crippen molar-refractivity contribution < 1.29 is 23.9 Å². The van der Waals surface area contributed by atoms with Gasteiger partial charge in [-0.3, -0.25) is 19.5 Å². The molecular formula is C30H39ClN6O5. The van der Waals surface area contributed by atoms with Crippen molar-refractivity contribution >= 4 is 57.0 Å². The predicted octanol–water partition coefficient (Wildman–Crippen LogP) is 4.30. The van der Waals surface area contributed by atoms with Crippen molar-refractivity contribution in [3.63, 3.8) is 0 Å². The Bertz CT molecular complexity index is 1490. The molecule has 5 rings (SSSR count). The van der Waals surface area contributed by atoms with Crippen LogP contribution in [-0.4, -0.2) is 93.7 Å². The Morgan fingerprint density at radius 3 is 2.64 bits per heavy atom. The lowest BCUT2D eigenvalue weighted by molar-refractivity contribution is -0.150. The molecule has 42 heavy (non-hydrogen) atoms. The van der Waals surface area contributed by atoms with Crippen LogP contribution in [0.15, 0.2) is 30.6 Å². The summed E-state index contributed by atoms with van der Waals surface area (Å²) in [6.07, 6.45) is 4.26. The highest BCUT2D eigenvalue weighted by molar-refractivity contribution is 6.33. The van der Waals surface area contributed by atoms with Gasteiger partial charge in [0.05, 0.1) is 41.7 Å². The minimum absolute atomic E-state index is 0.0558. The van der Waals surface area contributed by atoms with Gasteiger partial charge in [-0.25, -0.2) is 4.79 Å². The van der Waals surface area contributed by atoms with E-state index in [1.54, 1.807) is 23.4 Å². The van der Waals surface area contributed by atoms with Crippen LogP contribution in [0.1, 0.15) is 47.5 Å². The van der Waals surface area contributed by atoms with E-state index in [4.69, 9.17) is 21.1 Å². The Labute approximate surface area is 250 Å². The summed E-state index contributed by atoms with van der Waals surface area (Å²) in [5.41, 5.74) is 1.05. The van der Waals surface area contributed by atoms with Gasteiger partial charge in [0.15, 0.2) is 0 Å². The van der Waals surface area contributed by atoms with Crippen LogP contribution >= 0.6 is 11.6 Å². The molecule has 0 spiro atoms. The van der Waals surface area contributed by atoms with Crippen LogP contribution in [-0.2, 0) is 19.1 Å². The lowest BCUT2D eigenvalue weighted by Gasteiger charge is -2.43. The number of fused-ring (bicyclic) bond motifs is 3. The number of aromatic nitrogens is 2. The Balaban J connectivity index is 1.25. The number of halogens is 1. The number of nitrogens with zero attached hydrogens (tertiary/aromatic N) is 3. The third-order valence-corrected chi connectivity index (χ3v) is 7.82. The zero-order chi connectivity index (χ0) is 30.2. The fourth-order valence-electron chi connectivity index (χ4n) is 5.62. The standard InChI is InChI=1S/C30H39ClN6O5/c1-29(2,3)42-28(40)33-19-7-10-36(11-8-19)25(38)15-37-17-30(4,5)41-16-24(37)27(39)35-22-13-18(31)12-21-20-6-9-32-14-23(20)34-26(21)22/h6,9,12-14,19,24,34H,7-8,10-11,15-17H2,1-5H3,(H,33,40)(H,35,39)/t24-/m1/s1. The van der Waals surface area contributed by atoms with Gasteiger partial charge in [0.1, 0.15) is 11.6 Å². The second-order valence-electron chi connectivity index (χ2n) is 12.7. The van der Waals surface area contributed by atoms with E-state index in [1.807, 2.05) is 51.7 Å². The lowest BCUT2D eigenvalue weighted by atomic mass is 10.0. The summed E-state index contributed by atoms with van der Waals surface area (Å²) in [7, 11) is 0. The summed E-state index contributed by atoms with van der Waals surface area (Å²) in [5, 5.41) is 8.27. The van der Waals surface area contributed by atoms with E-state index in [9.17, 15) is 14.4 Å². The number of aromatic amines is 1. The van der Waals surface area contributed by atoms with Crippen LogP contribution in [0.2, 0.25) is 5.02 Å². The van der Waals surface area contributed by atoms with E-state index in [1.165, 1.54) is 0 Å². The van der Waals surface area contributed by atoms with Gasteiger partial charge in [-0.05, 0) is 65.7 Å². The number of anilines is 1. The van der Waals surface area contributed by atoms with Gasteiger partial charge < -0.3 is 30.0 Å². The molecule has 2 aliphatic heterocycles. The van der Waals surface area contributed by atoms with E-state index in [2.05, 4.69) is 20.6 Å². The Morgan fingerprint density at radius 2 is 1.93 bits per heavy atom. The van der Waals surface area contributed by atoms with Crippen molar-refractivity contribution in [1.82, 2.24) is 25.1 Å². The number of nitrogens with one attached hydrogen (secondary N) is 3. The first-order chi connectivity index (χ1) is 19.8. The molecule has 2 aliphatic rings. The van der Waals surface area contributed by atoms with Crippen LogP contribution in [0.4, 0.5) is 10.5 Å². The largest absolute Gasteiger partial charge is 0.444 e. The molecule has 3 N–H and O–H groups in total. The number of pyridine rings is 1. The monoisotopic (exact) mass is 598 g/mol. The maximum atomic E-state index is 13.7. The van der Waals surface area contributed by atoms with Crippen LogP contribution < -0.4 is 10.6 Å². The first kappa shape index (κ1) is 30.1. The lowest BCUT2D eigenvalue weighted by Crippen LogP contribution is -2.60. The molecule has 0 unspecified atom stereocenters. The quantitative estimate of drug-likeness (QED) is 0.399. The number of ether oxygens (including phenoxy) is 2. The Morgan fingerprint density at radius 1 is 1.19 bits per heavy atom. The van der Waals surface area contributed by atoms with E-state index in [-0.39, 0.29) is 31.0 Å². The van der Waals surface area contributed by atoms with Gasteiger partial charge in [-0.1, -0.05) is 11.6 Å². The number of hydrogen-bond donors (Lipinski definition) is 3. The van der Waals surface area contributed by atoms with Gasteiger partial charge in [0.2, 0.25) is 11.8 Å². The van der Waals surface area contributed by atoms with Gasteiger partial charge >= 0.3 is 6.09 Å². The molecule has 2 fully saturated rings. The Hall–Kier alpha value is -3.41. The summed E-state index contributed by atoms with van der Waals surface area (Å²) in [6.45, 7) is 11.0. The molecule has 3 aromatic rings. The second-order valence-corrected chi connectivity index (χ2v) is 13.1. The average molecular weight is 599 g/mol. The number of H-pyrrole nitrogens is 1. The normalized spacial score (nSPS) is 20.0. The highest BCUT2D eigenvalue weighted by Crippen LogP contribution is 2.33. The fourth-order valence-corrected chi connectivity index (χ4v) is 5.83. The topological polar surface area (TPSA) is 129 Å². The molecule has 2 saturated heterocycles. The number of rotatable bonds is 5. The second kappa shape index (κ2) is 11.7. The SMILES string of the molecule is CC(C)(C)OC(=O)NC1CCN(C(=O)CN2CC(C)(C)OC[C@@H]2C(=O)Nc2cc(Cl)cc3c2[nH]c2cnccc23)CC1. The highest BCUT2D eigenvalue weighted by atomic mass is 35.5. The van der Waals surface area contributed by atoms with E-state index in [0.29, 0.717) is 43.2 Å². The number of hydrogen-bond acceptors (Lipinski definition) is 7. The van der Waals surface area contributed by atoms with E-state index < -0.39 is 23.3 Å². The molecule has 2 aromatic heterocycles. The molecule has 0 aliphatic carbocycles. The minimum atomic E-state index is -0.673. The molecule has 0 bridgehead atoms. The number of carbonyl (C=O) groups excluding carboxylic acids is 3. The van der Waals surface area contributed by atoms with Gasteiger partial charge in [0, 0.05) is 47.7 Å². The molecule has 12 heteroatoms. The summed E-state index contributed by atoms with van der Waals surface area (Å²) in [5.74, 6) is -0.339. The van der Waals surface area contributed by atoms with Crippen LogP contribution in [0.25, 0.3) is 21.8 Å². The number of piperidine rings is 1. The van der Waals surface area contributed by atoms with Gasteiger partial charge in [-0.2, -0.15) is 0 Å². The molecule has 1 atom stereocenters. The number of carbonyl (C=O) groups is 3. The summed E-state index contributed by atoms with van der Waals surface area (Å²) >= 11 is 6.44. The van der Waals surface area contributed by atoms with Crippen LogP contribution in [0.3, 0.4) is 0 Å². The van der Waals surface area contributed by atoms with Crippen molar-refractivity contribution in [3.8, 4) is 0 Å². The van der Waals surface area contributed by atoms with Crippen molar-refractivity contribution in [3.05, 3.63) is 35.6 Å². The molecule has 1 aromatic carbocycles. The average Bonchev–Trinajstić information content (AvgIpc) is 3.26. The minimum Gasteiger partial charge on any atom is -0.444 e. The van der Waals surface area contributed by atoms with Crippen molar-refractivity contribution in [1.29, 1.82) is 0 Å². The van der Waals surface area contributed by atoms with Gasteiger partial charge in [0.25, 0.3) is 0 Å². The van der Waals surface area contributed by atoms with Crippen molar-refractivity contribution in [2.24, 2.45) is 0 Å². The van der Waals surface area contributed by atoms with Gasteiger partial charge in [-0.15, -0.1) is 0 Å². The third kappa shape index (κ3) is 6.96. The maximum Gasteiger partial charge on any atom is 0.407 e. The number of alkyl carbamates (subject to hydrolysis) is 1. The summed E-state index contributed by atoms with van der Waals surface area (Å²) in [4.78, 5) is 50.4. The van der Waals surface area contributed by atoms with Crippen molar-refractivity contribution in [2.75, 3.05) is 38.1 Å². The zero-order valence-electron chi connectivity index (χ0n) is 24.8. The van der Waals surface area contributed by atoms with Crippen LogP contribution in [0.5, 0.6) is 0 Å². The molecule has 226 valence electrons. The third-order valence-electron chi connectivity index (χ3n) is 7.60. The van der Waals surface area contributed by atoms with Crippen molar-refractivity contribution in [2.45, 2.75) is 70.7 Å². The van der Waals surface area contributed by atoms with E-state index in [0.717, 1.165) is 21.8 Å². The number of likely N-dealkylation sites (tertiary alicyclic amines) is 1. The molecular weight excluding hydrogens is 560 g/mol. The highest BCUT2D eigenvalue weighted by Gasteiger charge is 2.39. The predicted molar refractivity (Wildman–Crippen MR) is 162 cm³/mol. The summed E-state index contributed by atoms with van der Waals surface area (Å²) in [6, 6.07) is 4.74. The molecule has 4 heterocycles. The molecule has 0 saturated carbocycles.